The molecule has 2 spiro atoms. The van der Waals surface area contributed by atoms with Crippen molar-refractivity contribution >= 4 is 63.3 Å². The Morgan fingerprint density at radius 1 is 0.643 bits per heavy atom. The second-order valence-corrected chi connectivity index (χ2v) is 18.9. The maximum atomic E-state index is 13.6. The predicted octanol–water partition coefficient (Wildman–Crippen LogP) is 5.08. The van der Waals surface area contributed by atoms with Crippen LogP contribution in [0.2, 0.25) is 0 Å². The molecule has 2 aromatic carbocycles. The number of aromatic amines is 3. The van der Waals surface area contributed by atoms with Crippen molar-refractivity contribution in [3.63, 3.8) is 0 Å². The SMILES string of the molecule is COc1cc2cc(C(=O)N3C[C@H]4CC45C3=CC(=O)C3=C5C(=O)C(C)(C)N3)[nH]c2c(C)c1OC.COc1cc2cc(C(=O)N3C[C@H]4CC45C3=CC(=O)c3[nH]c(C)cc35)[nH]c2c(C)c1OC.O=C=O.O=C=O. The molecular formula is C51H48N6O13. The molecule has 2 unspecified atom stereocenters. The lowest BCUT2D eigenvalue weighted by Gasteiger charge is -2.28. The van der Waals surface area contributed by atoms with E-state index in [4.69, 9.17) is 38.1 Å². The van der Waals surface area contributed by atoms with Gasteiger partial charge in [0.1, 0.15) is 11.4 Å². The number of rotatable bonds is 6. The van der Waals surface area contributed by atoms with Crippen LogP contribution in [0.4, 0.5) is 0 Å². The van der Waals surface area contributed by atoms with E-state index in [0.717, 1.165) is 62.7 Å². The Bertz CT molecular complexity index is 3340. The van der Waals surface area contributed by atoms with Crippen LogP contribution in [-0.4, -0.2) is 113 Å². The zero-order valence-electron chi connectivity index (χ0n) is 39.7. The summed E-state index contributed by atoms with van der Waals surface area (Å²) in [5.41, 5.74) is 7.93. The number of fused-ring (bicyclic) bond motifs is 3. The molecule has 12 rings (SSSR count). The molecule has 70 heavy (non-hydrogen) atoms. The Morgan fingerprint density at radius 3 is 1.59 bits per heavy atom. The van der Waals surface area contributed by atoms with Gasteiger partial charge in [-0.05, 0) is 95.2 Å². The number of hydrogen-bond acceptors (Lipinski definition) is 14. The second-order valence-electron chi connectivity index (χ2n) is 18.9. The van der Waals surface area contributed by atoms with Gasteiger partial charge in [0.15, 0.2) is 28.8 Å². The van der Waals surface area contributed by atoms with Gasteiger partial charge in [0.05, 0.1) is 56.4 Å². The number of ketones is 3. The lowest BCUT2D eigenvalue weighted by Crippen LogP contribution is -2.41. The number of piperidine rings is 2. The Labute approximate surface area is 399 Å². The zero-order valence-corrected chi connectivity index (χ0v) is 39.7. The van der Waals surface area contributed by atoms with Crippen molar-refractivity contribution in [3.05, 3.63) is 105 Å². The molecule has 7 aliphatic rings. The molecule has 4 fully saturated rings. The molecule has 19 heteroatoms. The summed E-state index contributed by atoms with van der Waals surface area (Å²) in [4.78, 5) is 112. The topological polar surface area (TPSA) is 256 Å². The molecule has 6 heterocycles. The number of carbonyl (C=O) groups excluding carboxylic acids is 9. The largest absolute Gasteiger partial charge is 0.493 e. The van der Waals surface area contributed by atoms with Gasteiger partial charge in [0.2, 0.25) is 11.6 Å². The number of hydrogen-bond donors (Lipinski definition) is 4. The molecule has 3 aromatic heterocycles. The fourth-order valence-corrected chi connectivity index (χ4v) is 11.7. The Balaban J connectivity index is 0.000000157. The Hall–Kier alpha value is -8.27. The first-order valence-electron chi connectivity index (χ1n) is 22.3. The number of amides is 2. The van der Waals surface area contributed by atoms with Crippen LogP contribution in [-0.2, 0) is 34.2 Å². The number of nitrogens with one attached hydrogen (secondary N) is 4. The van der Waals surface area contributed by atoms with Crippen LogP contribution in [0.5, 0.6) is 23.0 Å². The summed E-state index contributed by atoms with van der Waals surface area (Å²) in [5, 5.41) is 4.84. The second kappa shape index (κ2) is 16.5. The minimum Gasteiger partial charge on any atom is -0.493 e. The van der Waals surface area contributed by atoms with E-state index in [1.54, 1.807) is 70.3 Å². The molecule has 2 saturated heterocycles. The monoisotopic (exact) mass is 952 g/mol. The highest BCUT2D eigenvalue weighted by Crippen LogP contribution is 2.71. The summed E-state index contributed by atoms with van der Waals surface area (Å²) >= 11 is 0. The first-order chi connectivity index (χ1) is 33.3. The summed E-state index contributed by atoms with van der Waals surface area (Å²) in [5.74, 6) is 2.31. The van der Waals surface area contributed by atoms with Crippen molar-refractivity contribution < 1.29 is 62.1 Å². The number of nitrogens with zero attached hydrogens (tertiary/aromatic N) is 2. The van der Waals surface area contributed by atoms with Crippen LogP contribution in [0.1, 0.15) is 80.5 Å². The molecule has 4 aliphatic carbocycles. The fraction of sp³-hybridized carbons (Fsp3) is 0.353. The number of methoxy groups -OCH3 is 4. The number of aromatic nitrogens is 3. The summed E-state index contributed by atoms with van der Waals surface area (Å²) in [6.45, 7) is 10.5. The fourth-order valence-electron chi connectivity index (χ4n) is 11.7. The Morgan fingerprint density at radius 2 is 1.10 bits per heavy atom. The molecule has 4 N–H and O–H groups in total. The Kier molecular flexibility index (Phi) is 11.0. The third-order valence-electron chi connectivity index (χ3n) is 14.8. The lowest BCUT2D eigenvalue weighted by atomic mass is 9.80. The normalized spacial score (nSPS) is 23.1. The molecule has 19 nitrogen and oxygen atoms in total. The zero-order chi connectivity index (χ0) is 50.5. The van der Waals surface area contributed by atoms with Crippen LogP contribution in [0.25, 0.3) is 21.8 Å². The quantitative estimate of drug-likeness (QED) is 0.173. The van der Waals surface area contributed by atoms with Gasteiger partial charge in [-0.1, -0.05) is 0 Å². The van der Waals surface area contributed by atoms with E-state index in [9.17, 15) is 24.0 Å². The van der Waals surface area contributed by atoms with Crippen LogP contribution >= 0.6 is 0 Å². The van der Waals surface area contributed by atoms with E-state index in [-0.39, 0.29) is 52.8 Å². The van der Waals surface area contributed by atoms with E-state index >= 15 is 0 Å². The van der Waals surface area contributed by atoms with E-state index in [1.807, 2.05) is 39.0 Å². The summed E-state index contributed by atoms with van der Waals surface area (Å²) in [6, 6.07) is 9.42. The van der Waals surface area contributed by atoms with Crippen molar-refractivity contribution in [1.82, 2.24) is 30.1 Å². The number of aryl methyl sites for hydroxylation is 3. The molecule has 4 atom stereocenters. The van der Waals surface area contributed by atoms with Gasteiger partial charge in [-0.2, -0.15) is 19.2 Å². The van der Waals surface area contributed by atoms with Gasteiger partial charge in [-0.15, -0.1) is 0 Å². The van der Waals surface area contributed by atoms with E-state index in [0.29, 0.717) is 76.1 Å². The van der Waals surface area contributed by atoms with Gasteiger partial charge in [-0.25, -0.2) is 0 Å². The van der Waals surface area contributed by atoms with Gasteiger partial charge in [0, 0.05) is 80.6 Å². The average Bonchev–Trinajstić information content (AvgIpc) is 3.67. The van der Waals surface area contributed by atoms with Crippen molar-refractivity contribution in [3.8, 4) is 23.0 Å². The van der Waals surface area contributed by atoms with Gasteiger partial charge < -0.3 is 49.0 Å². The summed E-state index contributed by atoms with van der Waals surface area (Å²) in [7, 11) is 6.36. The third kappa shape index (κ3) is 6.60. The number of benzene rings is 2. The number of carbonyl (C=O) groups is 5. The van der Waals surface area contributed by atoms with Crippen LogP contribution in [0.15, 0.2) is 65.1 Å². The molecule has 0 bridgehead atoms. The number of H-pyrrole nitrogens is 3. The molecule has 0 radical (unpaired) electrons. The number of likely N-dealkylation sites (tertiary alicyclic amines) is 2. The number of allylic oxidation sites excluding steroid dienone is 4. The van der Waals surface area contributed by atoms with Gasteiger partial charge in [0.25, 0.3) is 11.8 Å². The molecular weight excluding hydrogens is 905 g/mol. The lowest BCUT2D eigenvalue weighted by molar-refractivity contribution is -0.193. The van der Waals surface area contributed by atoms with Crippen LogP contribution < -0.4 is 24.3 Å². The predicted molar refractivity (Wildman–Crippen MR) is 245 cm³/mol. The molecule has 360 valence electrons. The summed E-state index contributed by atoms with van der Waals surface area (Å²) in [6.07, 6.45) is 5.48. The van der Waals surface area contributed by atoms with E-state index in [1.165, 1.54) is 0 Å². The van der Waals surface area contributed by atoms with E-state index in [2.05, 4.69) is 26.3 Å². The highest BCUT2D eigenvalue weighted by molar-refractivity contribution is 6.20. The highest BCUT2D eigenvalue weighted by Gasteiger charge is 2.72. The first kappa shape index (κ1) is 46.8. The maximum Gasteiger partial charge on any atom is 0.373 e. The summed E-state index contributed by atoms with van der Waals surface area (Å²) < 4.78 is 21.9. The third-order valence-corrected chi connectivity index (χ3v) is 14.8. The van der Waals surface area contributed by atoms with Gasteiger partial charge >= 0.3 is 12.3 Å². The van der Waals surface area contributed by atoms with Crippen molar-refractivity contribution in [2.24, 2.45) is 17.3 Å². The van der Waals surface area contributed by atoms with Crippen molar-refractivity contribution in [2.45, 2.75) is 58.4 Å². The highest BCUT2D eigenvalue weighted by atomic mass is 16.5. The van der Waals surface area contributed by atoms with Crippen molar-refractivity contribution in [2.75, 3.05) is 41.5 Å². The number of ether oxygens (including phenoxy) is 4. The average molecular weight is 953 g/mol. The minimum absolute atomic E-state index is 0.0475. The smallest absolute Gasteiger partial charge is 0.373 e. The molecule has 5 aromatic rings. The first-order valence-corrected chi connectivity index (χ1v) is 22.3. The van der Waals surface area contributed by atoms with E-state index < -0.39 is 11.0 Å². The minimum atomic E-state index is -0.810. The number of Topliss-reactive ketones (excluding diaryl/α,β-unsaturated/α-hetero) is 1. The molecule has 3 aliphatic heterocycles. The molecule has 2 saturated carbocycles. The van der Waals surface area contributed by atoms with Crippen LogP contribution in [0, 0.1) is 38.0 Å². The van der Waals surface area contributed by atoms with Crippen LogP contribution in [0.3, 0.4) is 0 Å². The van der Waals surface area contributed by atoms with Gasteiger partial charge in [-0.3, -0.25) is 24.0 Å². The molecule has 2 amide bonds. The standard InChI is InChI=1S/C25H25N3O5.C24H23N3O4.2CO2/c1-11-19-12(7-16(32-4)21(11)33-5)6-14(26-19)23(31)28-10-13-9-25(13)17(28)8-15(29)20-18(25)22(30)24(2,3)27-20;1-11-5-15-21(25-11)17(28)8-19-24(15)9-14(24)10-27(19)23(29)16-6-13-7-18(30-3)22(31-4)12(2)20(13)26-16;2*2-1-3/h6-8,13,26-27H,9-10H2,1-5H3;5-8,14,25-26H,9-10H2,1-4H3;;/t13-,25?;14-,24?;;/m11../s1. The van der Waals surface area contributed by atoms with Crippen molar-refractivity contribution in [1.29, 1.82) is 0 Å². The maximum absolute atomic E-state index is 13.6.